The summed E-state index contributed by atoms with van der Waals surface area (Å²) >= 11 is 0. The molecule has 0 aliphatic carbocycles. The van der Waals surface area contributed by atoms with Gasteiger partial charge in [-0.3, -0.25) is 10.1 Å². The molecule has 1 aromatic carbocycles. The summed E-state index contributed by atoms with van der Waals surface area (Å²) in [4.78, 5) is 10.4. The van der Waals surface area contributed by atoms with E-state index in [2.05, 4.69) is 0 Å². The molecule has 1 heterocycles. The Morgan fingerprint density at radius 3 is 2.75 bits per heavy atom. The lowest BCUT2D eigenvalue weighted by molar-refractivity contribution is -0.384. The van der Waals surface area contributed by atoms with Crippen molar-refractivity contribution in [1.29, 1.82) is 0 Å². The van der Waals surface area contributed by atoms with Crippen molar-refractivity contribution in [2.24, 2.45) is 0 Å². The van der Waals surface area contributed by atoms with Crippen molar-refractivity contribution in [2.75, 3.05) is 7.11 Å². The Bertz CT molecular complexity index is 505. The second kappa shape index (κ2) is 4.06. The van der Waals surface area contributed by atoms with Crippen LogP contribution in [0.5, 0.6) is 5.75 Å². The largest absolute Gasteiger partial charge is 0.497 e. The number of hydrogen-bond acceptors (Lipinski definition) is 4. The minimum absolute atomic E-state index is 0.00394. The number of rotatable bonds is 3. The molecule has 0 amide bonds. The molecule has 0 fully saturated rings. The van der Waals surface area contributed by atoms with Gasteiger partial charge in [-0.15, -0.1) is 0 Å². The first-order chi connectivity index (χ1) is 7.72. The third-order valence-corrected chi connectivity index (χ3v) is 2.19. The maximum absolute atomic E-state index is 10.8. The highest BCUT2D eigenvalue weighted by Crippen LogP contribution is 2.33. The van der Waals surface area contributed by atoms with E-state index in [9.17, 15) is 10.1 Å². The summed E-state index contributed by atoms with van der Waals surface area (Å²) in [5.41, 5.74) is 0.408. The molecule has 0 aliphatic rings. The molecule has 0 unspecified atom stereocenters. The van der Waals surface area contributed by atoms with Gasteiger partial charge in [0.1, 0.15) is 11.5 Å². The first-order valence-corrected chi connectivity index (χ1v) is 4.58. The van der Waals surface area contributed by atoms with E-state index in [0.29, 0.717) is 17.1 Å². The highest BCUT2D eigenvalue weighted by molar-refractivity contribution is 5.71. The number of benzene rings is 1. The summed E-state index contributed by atoms with van der Waals surface area (Å²) in [5.74, 6) is 1.00. The fourth-order valence-corrected chi connectivity index (χ4v) is 1.43. The number of nitro groups is 1. The summed E-state index contributed by atoms with van der Waals surface area (Å²) in [7, 11) is 1.51. The van der Waals surface area contributed by atoms with Gasteiger partial charge < -0.3 is 9.15 Å². The van der Waals surface area contributed by atoms with E-state index in [1.54, 1.807) is 24.3 Å². The molecule has 0 saturated carbocycles. The summed E-state index contributed by atoms with van der Waals surface area (Å²) < 4.78 is 10.2. The van der Waals surface area contributed by atoms with Crippen LogP contribution in [0.1, 0.15) is 0 Å². The first kappa shape index (κ1) is 10.2. The number of nitro benzene ring substituents is 1. The monoisotopic (exact) mass is 219 g/mol. The van der Waals surface area contributed by atoms with Crippen LogP contribution in [0.25, 0.3) is 11.3 Å². The van der Waals surface area contributed by atoms with Crippen molar-refractivity contribution in [3.05, 3.63) is 46.7 Å². The molecule has 16 heavy (non-hydrogen) atoms. The normalized spacial score (nSPS) is 10.1. The highest BCUT2D eigenvalue weighted by atomic mass is 16.6. The van der Waals surface area contributed by atoms with Gasteiger partial charge in [-0.2, -0.15) is 0 Å². The van der Waals surface area contributed by atoms with Gasteiger partial charge in [0.05, 0.1) is 23.9 Å². The lowest BCUT2D eigenvalue weighted by atomic mass is 10.1. The lowest BCUT2D eigenvalue weighted by Gasteiger charge is -2.03. The topological polar surface area (TPSA) is 65.5 Å². The SMILES string of the molecule is COc1ccc([N+](=O)[O-])c(-c2ccco2)c1. The van der Waals surface area contributed by atoms with E-state index in [1.165, 1.54) is 19.4 Å². The first-order valence-electron chi connectivity index (χ1n) is 4.58. The zero-order valence-corrected chi connectivity index (χ0v) is 8.54. The Hall–Kier alpha value is -2.30. The third kappa shape index (κ3) is 1.75. The molecule has 0 atom stereocenters. The summed E-state index contributed by atoms with van der Waals surface area (Å²) in [6, 6.07) is 7.87. The summed E-state index contributed by atoms with van der Waals surface area (Å²) in [5, 5.41) is 10.8. The van der Waals surface area contributed by atoms with Crippen molar-refractivity contribution in [3.63, 3.8) is 0 Å². The molecule has 82 valence electrons. The van der Waals surface area contributed by atoms with Crippen LogP contribution in [0.15, 0.2) is 41.0 Å². The molecular weight excluding hydrogens is 210 g/mol. The zero-order chi connectivity index (χ0) is 11.5. The molecule has 0 bridgehead atoms. The maximum atomic E-state index is 10.8. The molecular formula is C11H9NO4. The quantitative estimate of drug-likeness (QED) is 0.588. The number of nitrogens with zero attached hydrogens (tertiary/aromatic N) is 1. The lowest BCUT2D eigenvalue weighted by Crippen LogP contribution is -1.92. The van der Waals surface area contributed by atoms with Crippen LogP contribution in [0.4, 0.5) is 5.69 Å². The Morgan fingerprint density at radius 1 is 1.38 bits per heavy atom. The molecule has 5 heteroatoms. The average molecular weight is 219 g/mol. The molecule has 5 nitrogen and oxygen atoms in total. The summed E-state index contributed by atoms with van der Waals surface area (Å²) in [6.45, 7) is 0. The fourth-order valence-electron chi connectivity index (χ4n) is 1.43. The Kier molecular flexibility index (Phi) is 2.59. The van der Waals surface area contributed by atoms with Crippen LogP contribution in [0, 0.1) is 10.1 Å². The summed E-state index contributed by atoms with van der Waals surface area (Å²) in [6.07, 6.45) is 1.47. The van der Waals surface area contributed by atoms with Crippen molar-refractivity contribution in [1.82, 2.24) is 0 Å². The van der Waals surface area contributed by atoms with Crippen molar-refractivity contribution < 1.29 is 14.1 Å². The molecule has 0 saturated heterocycles. The maximum Gasteiger partial charge on any atom is 0.280 e. The number of furan rings is 1. The van der Waals surface area contributed by atoms with Crippen LogP contribution < -0.4 is 4.74 Å². The number of methoxy groups -OCH3 is 1. The van der Waals surface area contributed by atoms with Gasteiger partial charge in [-0.1, -0.05) is 0 Å². The van der Waals surface area contributed by atoms with Gasteiger partial charge in [-0.05, 0) is 24.3 Å². The molecule has 2 rings (SSSR count). The minimum Gasteiger partial charge on any atom is -0.497 e. The standard InChI is InChI=1S/C11H9NO4/c1-15-8-4-5-10(12(13)14)9(7-8)11-3-2-6-16-11/h2-7H,1H3. The van der Waals surface area contributed by atoms with Gasteiger partial charge in [0.2, 0.25) is 0 Å². The van der Waals surface area contributed by atoms with Crippen molar-refractivity contribution in [2.45, 2.75) is 0 Å². The Balaban J connectivity index is 2.59. The highest BCUT2D eigenvalue weighted by Gasteiger charge is 2.17. The van der Waals surface area contributed by atoms with E-state index in [-0.39, 0.29) is 5.69 Å². The van der Waals surface area contributed by atoms with E-state index < -0.39 is 4.92 Å². The Labute approximate surface area is 91.4 Å². The minimum atomic E-state index is -0.447. The van der Waals surface area contributed by atoms with Gasteiger partial charge in [-0.25, -0.2) is 0 Å². The molecule has 0 aliphatic heterocycles. The number of hydrogen-bond donors (Lipinski definition) is 0. The zero-order valence-electron chi connectivity index (χ0n) is 8.54. The van der Waals surface area contributed by atoms with Crippen LogP contribution in [0.2, 0.25) is 0 Å². The fraction of sp³-hybridized carbons (Fsp3) is 0.0909. The van der Waals surface area contributed by atoms with Crippen LogP contribution >= 0.6 is 0 Å². The van der Waals surface area contributed by atoms with Gasteiger partial charge in [0.15, 0.2) is 0 Å². The van der Waals surface area contributed by atoms with Gasteiger partial charge >= 0.3 is 0 Å². The molecule has 0 spiro atoms. The second-order valence-corrected chi connectivity index (χ2v) is 3.12. The predicted octanol–water partition coefficient (Wildman–Crippen LogP) is 2.86. The second-order valence-electron chi connectivity index (χ2n) is 3.12. The van der Waals surface area contributed by atoms with E-state index in [0.717, 1.165) is 0 Å². The van der Waals surface area contributed by atoms with Crippen LogP contribution in [-0.2, 0) is 0 Å². The van der Waals surface area contributed by atoms with Crippen LogP contribution in [0.3, 0.4) is 0 Å². The van der Waals surface area contributed by atoms with E-state index in [1.807, 2.05) is 0 Å². The van der Waals surface area contributed by atoms with Crippen molar-refractivity contribution >= 4 is 5.69 Å². The van der Waals surface area contributed by atoms with Crippen molar-refractivity contribution in [3.8, 4) is 17.1 Å². The smallest absolute Gasteiger partial charge is 0.280 e. The molecule has 0 radical (unpaired) electrons. The molecule has 0 N–H and O–H groups in total. The third-order valence-electron chi connectivity index (χ3n) is 2.19. The van der Waals surface area contributed by atoms with E-state index >= 15 is 0 Å². The number of ether oxygens (including phenoxy) is 1. The Morgan fingerprint density at radius 2 is 2.19 bits per heavy atom. The molecule has 2 aromatic rings. The van der Waals surface area contributed by atoms with Crippen LogP contribution in [-0.4, -0.2) is 12.0 Å². The molecule has 1 aromatic heterocycles. The average Bonchev–Trinajstić information content (AvgIpc) is 2.81. The van der Waals surface area contributed by atoms with Gasteiger partial charge in [0.25, 0.3) is 5.69 Å². The predicted molar refractivity (Wildman–Crippen MR) is 57.4 cm³/mol. The van der Waals surface area contributed by atoms with Gasteiger partial charge in [0, 0.05) is 6.07 Å². The van der Waals surface area contributed by atoms with E-state index in [4.69, 9.17) is 9.15 Å².